The smallest absolute Gasteiger partial charge is 0.693 e. The first-order chi connectivity index (χ1) is 22.5. The van der Waals surface area contributed by atoms with Crippen molar-refractivity contribution >= 4 is 0 Å². The molecule has 264 valence electrons. The van der Waals surface area contributed by atoms with Crippen molar-refractivity contribution in [3.05, 3.63) is 112 Å². The summed E-state index contributed by atoms with van der Waals surface area (Å²) in [6.07, 6.45) is 20.3. The molecular weight excluding hydrogens is 717 g/mol. The average Bonchev–Trinajstić information content (AvgIpc) is 3.14. The molecule has 4 unspecified atom stereocenters. The van der Waals surface area contributed by atoms with Gasteiger partial charge in [0, 0.05) is 25.9 Å². The van der Waals surface area contributed by atoms with Gasteiger partial charge in [-0.2, -0.15) is 6.20 Å². The van der Waals surface area contributed by atoms with Gasteiger partial charge in [0.2, 0.25) is 0 Å². The average molecular weight is 778 g/mol. The van der Waals surface area contributed by atoms with E-state index in [0.29, 0.717) is 24.7 Å². The Kier molecular flexibility index (Phi) is 24.7. The summed E-state index contributed by atoms with van der Waals surface area (Å²) in [4.78, 5) is 0. The number of hydrogen-bond donors (Lipinski definition) is 4. The number of benzene rings is 2. The van der Waals surface area contributed by atoms with Gasteiger partial charge < -0.3 is 37.2 Å². The summed E-state index contributed by atoms with van der Waals surface area (Å²) in [6, 6.07) is 18.8. The van der Waals surface area contributed by atoms with Crippen molar-refractivity contribution < 1.29 is 59.4 Å². The maximum Gasteiger partial charge on any atom is 2.00 e. The number of aliphatic hydroxyl groups is 4. The minimum absolute atomic E-state index is 0. The van der Waals surface area contributed by atoms with Gasteiger partial charge >= 0.3 is 19.5 Å². The van der Waals surface area contributed by atoms with Crippen molar-refractivity contribution in [2.75, 3.05) is 19.6 Å². The number of aliphatic hydroxyl groups excluding tert-OH is 4. The fraction of sp³-hybridized carbons (Fsp3) is 0.600. The van der Waals surface area contributed by atoms with Crippen LogP contribution in [0.25, 0.3) is 16.8 Å². The van der Waals surface area contributed by atoms with E-state index < -0.39 is 12.2 Å². The SMILES string of the molecule is C1=CC(C2CC[N-]CC2)=CC[N-]1.OC(CC(O)C1CCCCC1)C1CCCCC1.OC(CC(O)c1ccccc1)c1ccccc1.[NH2-].[Zn+2].[Zn]. The molecule has 2 aliphatic carbocycles. The summed E-state index contributed by atoms with van der Waals surface area (Å²) in [6.45, 7) is 2.97. The van der Waals surface area contributed by atoms with Crippen molar-refractivity contribution in [3.63, 3.8) is 0 Å². The quantitative estimate of drug-likeness (QED) is 0.188. The predicted molar refractivity (Wildman–Crippen MR) is 194 cm³/mol. The topological polar surface area (TPSA) is 143 Å². The van der Waals surface area contributed by atoms with E-state index in [1.54, 1.807) is 0 Å². The molecule has 0 spiro atoms. The second kappa shape index (κ2) is 26.5. The third kappa shape index (κ3) is 16.7. The number of nitrogens with zero attached hydrogens (tertiary/aromatic N) is 2. The first-order valence-electron chi connectivity index (χ1n) is 18.0. The first kappa shape index (κ1) is 45.7. The summed E-state index contributed by atoms with van der Waals surface area (Å²) in [5.41, 5.74) is 3.16. The fourth-order valence-electron chi connectivity index (χ4n) is 7.32. The first-order valence-corrected chi connectivity index (χ1v) is 18.0. The van der Waals surface area contributed by atoms with Crippen molar-refractivity contribution in [3.8, 4) is 0 Å². The van der Waals surface area contributed by atoms with Gasteiger partial charge in [0.1, 0.15) is 0 Å². The molecule has 0 amide bonds. The Balaban J connectivity index is 0.000000362. The Morgan fingerprint density at radius 2 is 1.06 bits per heavy atom. The Morgan fingerprint density at radius 1 is 0.612 bits per heavy atom. The van der Waals surface area contributed by atoms with Gasteiger partial charge in [-0.15, -0.1) is 19.6 Å². The van der Waals surface area contributed by atoms with Crippen molar-refractivity contribution in [1.82, 2.24) is 0 Å². The zero-order valence-corrected chi connectivity index (χ0v) is 35.7. The molecule has 2 aliphatic heterocycles. The molecule has 1 saturated heterocycles. The summed E-state index contributed by atoms with van der Waals surface area (Å²) in [5.74, 6) is 1.68. The van der Waals surface area contributed by atoms with E-state index in [2.05, 4.69) is 22.8 Å². The third-order valence-electron chi connectivity index (χ3n) is 10.2. The Labute approximate surface area is 321 Å². The minimum atomic E-state index is -0.633. The predicted octanol–water partition coefficient (Wildman–Crippen LogP) is 9.41. The Hall–Kier alpha value is -1.27. The van der Waals surface area contributed by atoms with E-state index in [0.717, 1.165) is 36.7 Å². The zero-order chi connectivity index (χ0) is 32.4. The summed E-state index contributed by atoms with van der Waals surface area (Å²) in [5, 5.41) is 48.9. The van der Waals surface area contributed by atoms with Crippen molar-refractivity contribution in [2.45, 2.75) is 114 Å². The van der Waals surface area contributed by atoms with Crippen LogP contribution in [0.5, 0.6) is 0 Å². The molecule has 9 heteroatoms. The normalized spacial score (nSPS) is 20.7. The number of nitrogens with two attached hydrogens (primary N) is 1. The number of piperidine rings is 1. The summed E-state index contributed by atoms with van der Waals surface area (Å²) in [7, 11) is 0. The maximum atomic E-state index is 10.2. The molecule has 6 N–H and O–H groups in total. The van der Waals surface area contributed by atoms with E-state index in [-0.39, 0.29) is 57.3 Å². The van der Waals surface area contributed by atoms with Gasteiger partial charge in [-0.3, -0.25) is 0 Å². The molecule has 2 heterocycles. The summed E-state index contributed by atoms with van der Waals surface area (Å²) >= 11 is 0. The van der Waals surface area contributed by atoms with Gasteiger partial charge in [0.05, 0.1) is 24.4 Å². The van der Waals surface area contributed by atoms with E-state index in [9.17, 15) is 20.4 Å². The molecule has 4 atom stereocenters. The number of allylic oxidation sites excluding steroid dienone is 2. The van der Waals surface area contributed by atoms with E-state index in [1.807, 2.05) is 66.9 Å². The molecule has 0 aromatic heterocycles. The second-order valence-corrected chi connectivity index (χ2v) is 13.6. The molecule has 2 saturated carbocycles. The standard InChI is InChI=1S/C15H28O2.C15H16O2.C10H14N2.H2N.2Zn/c2*16-14(12-7-3-1-4-8-12)11-15(17)13-9-5-2-6-10-13;1-5-11-6-2-9(1)10-3-7-12-8-4-10;;;/h12-17H,1-11H2;1-10,14-17H,11H2;1-2,5,10H,3-4,6-8H2;1H2;;/q;;-2;-1;;+2. The van der Waals surface area contributed by atoms with E-state index in [1.165, 1.54) is 82.6 Å². The van der Waals surface area contributed by atoms with Gasteiger partial charge in [-0.25, -0.2) is 0 Å². The van der Waals surface area contributed by atoms with Gasteiger partial charge in [0.25, 0.3) is 0 Å². The maximum absolute atomic E-state index is 10.2. The molecule has 4 aliphatic rings. The van der Waals surface area contributed by atoms with Crippen LogP contribution in [0.2, 0.25) is 0 Å². The number of rotatable bonds is 9. The molecule has 6 rings (SSSR count). The third-order valence-corrected chi connectivity index (χ3v) is 10.2. The fourth-order valence-corrected chi connectivity index (χ4v) is 7.32. The van der Waals surface area contributed by atoms with Crippen LogP contribution in [0, 0.1) is 17.8 Å². The molecule has 49 heavy (non-hydrogen) atoms. The minimum Gasteiger partial charge on any atom is -0.693 e. The van der Waals surface area contributed by atoms with Crippen LogP contribution in [-0.4, -0.2) is 52.3 Å². The van der Waals surface area contributed by atoms with Gasteiger partial charge in [-0.1, -0.05) is 130 Å². The van der Waals surface area contributed by atoms with Gasteiger partial charge in [0.15, 0.2) is 0 Å². The van der Waals surface area contributed by atoms with Crippen LogP contribution >= 0.6 is 0 Å². The van der Waals surface area contributed by atoms with Crippen LogP contribution in [0.15, 0.2) is 84.6 Å². The second-order valence-electron chi connectivity index (χ2n) is 13.6. The summed E-state index contributed by atoms with van der Waals surface area (Å²) < 4.78 is 0. The molecule has 0 radical (unpaired) electrons. The van der Waals surface area contributed by atoms with Crippen LogP contribution < -0.4 is 0 Å². The molecule has 7 nitrogen and oxygen atoms in total. The molecule has 0 bridgehead atoms. The van der Waals surface area contributed by atoms with Crippen molar-refractivity contribution in [1.29, 1.82) is 0 Å². The van der Waals surface area contributed by atoms with Crippen LogP contribution in [0.1, 0.15) is 113 Å². The van der Waals surface area contributed by atoms with Crippen LogP contribution in [0.4, 0.5) is 0 Å². The monoisotopic (exact) mass is 774 g/mol. The van der Waals surface area contributed by atoms with Crippen LogP contribution in [0.3, 0.4) is 0 Å². The van der Waals surface area contributed by atoms with Crippen LogP contribution in [-0.2, 0) is 39.0 Å². The Morgan fingerprint density at radius 3 is 1.47 bits per heavy atom. The van der Waals surface area contributed by atoms with Gasteiger partial charge in [-0.05, 0) is 61.0 Å². The largest absolute Gasteiger partial charge is 2.00 e. The molecule has 3 fully saturated rings. The van der Waals surface area contributed by atoms with E-state index in [4.69, 9.17) is 0 Å². The zero-order valence-electron chi connectivity index (χ0n) is 29.7. The molecule has 2 aromatic carbocycles. The molecular formula is C40H60N3O4Zn2-. The van der Waals surface area contributed by atoms with E-state index >= 15 is 0 Å². The Bertz CT molecular complexity index is 1070. The van der Waals surface area contributed by atoms with Crippen molar-refractivity contribution in [2.24, 2.45) is 17.8 Å². The number of hydrogen-bond acceptors (Lipinski definition) is 4. The molecule has 2 aromatic rings.